The smallest absolute Gasteiger partial charge is 0.302 e. The van der Waals surface area contributed by atoms with Crippen LogP contribution >= 0.6 is 11.6 Å². The second kappa shape index (κ2) is 6.88. The molecule has 0 aromatic carbocycles. The number of carbonyl (C=O) groups is 3. The minimum atomic E-state index is -1.66. The molecule has 0 heterocycles. The SMILES string of the molecule is CC(=O)O[C@H]1C[C@@]2(C)[C@@H](CC[C@]2(O)C(=O)CO)[C@@H]2CCC3=CC(=O)CC[C@]3(C)[C@@]12Cl. The van der Waals surface area contributed by atoms with Crippen LogP contribution in [-0.4, -0.2) is 50.9 Å². The number of fused-ring (bicyclic) bond motifs is 5. The molecule has 2 N–H and O–H groups in total. The van der Waals surface area contributed by atoms with Crippen LogP contribution in [0, 0.1) is 22.7 Å². The second-order valence-corrected chi connectivity index (χ2v) is 10.8. The number of ketones is 2. The monoisotopic (exact) mass is 438 g/mol. The third-order valence-corrected chi connectivity index (χ3v) is 10.0. The van der Waals surface area contributed by atoms with Crippen molar-refractivity contribution in [2.75, 3.05) is 6.61 Å². The molecule has 7 heteroatoms. The maximum Gasteiger partial charge on any atom is 0.302 e. The number of esters is 1. The van der Waals surface area contributed by atoms with Crippen LogP contribution in [0.1, 0.15) is 65.7 Å². The Kier molecular flexibility index (Phi) is 5.04. The summed E-state index contributed by atoms with van der Waals surface area (Å²) in [5.41, 5.74) is -2.00. The number of aliphatic hydroxyl groups excluding tert-OH is 1. The van der Waals surface area contributed by atoms with Crippen molar-refractivity contribution in [2.24, 2.45) is 22.7 Å². The fourth-order valence-corrected chi connectivity index (χ4v) is 8.05. The summed E-state index contributed by atoms with van der Waals surface area (Å²) in [5, 5.41) is 20.9. The Balaban J connectivity index is 1.86. The van der Waals surface area contributed by atoms with Crippen LogP contribution in [0.5, 0.6) is 0 Å². The van der Waals surface area contributed by atoms with Crippen LogP contribution in [0.25, 0.3) is 0 Å². The maximum absolute atomic E-state index is 12.6. The number of Topliss-reactive ketones (excluding diaryl/α,β-unsaturated/α-hetero) is 1. The lowest BCUT2D eigenvalue weighted by Crippen LogP contribution is -2.69. The molecule has 0 bridgehead atoms. The first-order valence-electron chi connectivity index (χ1n) is 10.9. The molecule has 6 nitrogen and oxygen atoms in total. The van der Waals surface area contributed by atoms with Gasteiger partial charge in [0, 0.05) is 24.2 Å². The van der Waals surface area contributed by atoms with E-state index in [1.807, 2.05) is 6.92 Å². The summed E-state index contributed by atoms with van der Waals surface area (Å²) in [6, 6.07) is 0. The van der Waals surface area contributed by atoms with E-state index < -0.39 is 45.8 Å². The standard InChI is InChI=1S/C23H31ClO6/c1-13(26)30-19-11-21(3)16(7-9-22(21,29)18(28)12-25)17-5-4-14-10-15(27)6-8-20(14,2)23(17,19)24/h10,16-17,19,25,29H,4-9,11-12H2,1-3H3/t16-,17-,19-,20-,21-,22-,23-/m0/s1. The second-order valence-electron chi connectivity index (χ2n) is 10.2. The highest BCUT2D eigenvalue weighted by Crippen LogP contribution is 2.71. The molecular formula is C23H31ClO6. The zero-order valence-corrected chi connectivity index (χ0v) is 18.6. The summed E-state index contributed by atoms with van der Waals surface area (Å²) in [5.74, 6) is -1.06. The first kappa shape index (κ1) is 22.0. The fourth-order valence-electron chi connectivity index (χ4n) is 7.45. The number of hydrogen-bond acceptors (Lipinski definition) is 6. The van der Waals surface area contributed by atoms with Gasteiger partial charge >= 0.3 is 5.97 Å². The van der Waals surface area contributed by atoms with Crippen molar-refractivity contribution in [3.8, 4) is 0 Å². The van der Waals surface area contributed by atoms with Gasteiger partial charge in [0.2, 0.25) is 0 Å². The number of aliphatic hydroxyl groups is 2. The average Bonchev–Trinajstić information content (AvgIpc) is 2.94. The third kappa shape index (κ3) is 2.59. The largest absolute Gasteiger partial charge is 0.461 e. The van der Waals surface area contributed by atoms with Gasteiger partial charge in [0.25, 0.3) is 0 Å². The molecule has 0 spiro atoms. The Morgan fingerprint density at radius 2 is 1.90 bits per heavy atom. The summed E-state index contributed by atoms with van der Waals surface area (Å²) in [6.07, 6.45) is 4.59. The van der Waals surface area contributed by atoms with Gasteiger partial charge in [0.1, 0.15) is 18.3 Å². The number of alkyl halides is 1. The van der Waals surface area contributed by atoms with E-state index in [0.717, 1.165) is 12.0 Å². The highest BCUT2D eigenvalue weighted by atomic mass is 35.5. The molecule has 0 aromatic rings. The fraction of sp³-hybridized carbons (Fsp3) is 0.783. The summed E-state index contributed by atoms with van der Waals surface area (Å²) in [4.78, 5) is 35.9. The number of carbonyl (C=O) groups excluding carboxylic acids is 3. The van der Waals surface area contributed by atoms with Gasteiger partial charge in [-0.25, -0.2) is 0 Å². The van der Waals surface area contributed by atoms with Crippen molar-refractivity contribution in [1.29, 1.82) is 0 Å². The molecule has 4 aliphatic rings. The molecule has 0 saturated heterocycles. The molecular weight excluding hydrogens is 408 g/mol. The van der Waals surface area contributed by atoms with Gasteiger partial charge in [-0.05, 0) is 56.4 Å². The first-order valence-corrected chi connectivity index (χ1v) is 11.3. The molecule has 0 aliphatic heterocycles. The normalized spacial score (nSPS) is 47.6. The minimum Gasteiger partial charge on any atom is -0.461 e. The lowest BCUT2D eigenvalue weighted by atomic mass is 9.44. The maximum atomic E-state index is 12.6. The Bertz CT molecular complexity index is 838. The van der Waals surface area contributed by atoms with Crippen LogP contribution in [0.3, 0.4) is 0 Å². The lowest BCUT2D eigenvalue weighted by molar-refractivity contribution is -0.189. The van der Waals surface area contributed by atoms with Crippen LogP contribution in [0.4, 0.5) is 0 Å². The number of allylic oxidation sites excluding steroid dienone is 1. The van der Waals surface area contributed by atoms with Crippen molar-refractivity contribution >= 4 is 29.1 Å². The van der Waals surface area contributed by atoms with E-state index >= 15 is 0 Å². The van der Waals surface area contributed by atoms with E-state index in [1.165, 1.54) is 6.92 Å². The lowest BCUT2D eigenvalue weighted by Gasteiger charge is -2.65. The molecule has 30 heavy (non-hydrogen) atoms. The van der Waals surface area contributed by atoms with Gasteiger partial charge in [-0.2, -0.15) is 0 Å². The number of ether oxygens (including phenoxy) is 1. The van der Waals surface area contributed by atoms with Gasteiger partial charge in [-0.1, -0.05) is 19.4 Å². The summed E-state index contributed by atoms with van der Waals surface area (Å²) in [6.45, 7) is 4.57. The molecule has 166 valence electrons. The summed E-state index contributed by atoms with van der Waals surface area (Å²) in [7, 11) is 0. The Labute approximate surface area is 182 Å². The topological polar surface area (TPSA) is 101 Å². The molecule has 3 fully saturated rings. The number of halogens is 1. The predicted octanol–water partition coefficient (Wildman–Crippen LogP) is 2.71. The Hall–Kier alpha value is -1.24. The van der Waals surface area contributed by atoms with Crippen molar-refractivity contribution < 1.29 is 29.3 Å². The molecule has 0 aromatic heterocycles. The molecule has 0 unspecified atom stereocenters. The summed E-state index contributed by atoms with van der Waals surface area (Å²) < 4.78 is 5.82. The van der Waals surface area contributed by atoms with Gasteiger partial charge in [0.15, 0.2) is 11.6 Å². The van der Waals surface area contributed by atoms with Gasteiger partial charge < -0.3 is 14.9 Å². The molecule has 3 saturated carbocycles. The molecule has 0 amide bonds. The predicted molar refractivity (Wildman–Crippen MR) is 110 cm³/mol. The average molecular weight is 439 g/mol. The number of rotatable bonds is 3. The third-order valence-electron chi connectivity index (χ3n) is 9.08. The molecule has 4 aliphatic carbocycles. The Morgan fingerprint density at radius 1 is 1.20 bits per heavy atom. The quantitative estimate of drug-likeness (QED) is 0.519. The first-order chi connectivity index (χ1) is 13.9. The highest BCUT2D eigenvalue weighted by Gasteiger charge is 2.74. The van der Waals surface area contributed by atoms with E-state index in [2.05, 4.69) is 6.92 Å². The highest BCUT2D eigenvalue weighted by molar-refractivity contribution is 6.26. The van der Waals surface area contributed by atoms with E-state index in [-0.39, 0.29) is 30.5 Å². The van der Waals surface area contributed by atoms with E-state index in [9.17, 15) is 24.6 Å². The van der Waals surface area contributed by atoms with Gasteiger partial charge in [-0.3, -0.25) is 14.4 Å². The minimum absolute atomic E-state index is 0.0432. The van der Waals surface area contributed by atoms with Crippen LogP contribution in [0.15, 0.2) is 11.6 Å². The van der Waals surface area contributed by atoms with Crippen molar-refractivity contribution in [1.82, 2.24) is 0 Å². The van der Waals surface area contributed by atoms with E-state index in [1.54, 1.807) is 6.08 Å². The Morgan fingerprint density at radius 3 is 2.53 bits per heavy atom. The van der Waals surface area contributed by atoms with Crippen molar-refractivity contribution in [3.05, 3.63) is 11.6 Å². The van der Waals surface area contributed by atoms with E-state index in [0.29, 0.717) is 25.7 Å². The van der Waals surface area contributed by atoms with Gasteiger partial charge in [0.05, 0.1) is 4.87 Å². The molecule has 0 radical (unpaired) electrons. The molecule has 7 atom stereocenters. The van der Waals surface area contributed by atoms with E-state index in [4.69, 9.17) is 16.3 Å². The zero-order chi connectivity index (χ0) is 22.1. The van der Waals surface area contributed by atoms with Gasteiger partial charge in [-0.15, -0.1) is 11.6 Å². The van der Waals surface area contributed by atoms with Crippen LogP contribution in [-0.2, 0) is 19.1 Å². The van der Waals surface area contributed by atoms with Crippen molar-refractivity contribution in [3.63, 3.8) is 0 Å². The van der Waals surface area contributed by atoms with Crippen LogP contribution in [0.2, 0.25) is 0 Å². The zero-order valence-electron chi connectivity index (χ0n) is 17.9. The number of hydrogen-bond donors (Lipinski definition) is 2. The van der Waals surface area contributed by atoms with Crippen molar-refractivity contribution in [2.45, 2.75) is 82.3 Å². The summed E-state index contributed by atoms with van der Waals surface area (Å²) >= 11 is 7.54. The van der Waals surface area contributed by atoms with Crippen LogP contribution < -0.4 is 0 Å². The molecule has 4 rings (SSSR count).